The molecule has 9 nitrogen and oxygen atoms in total. The van der Waals surface area contributed by atoms with Crippen molar-refractivity contribution >= 4 is 18.1 Å². The first-order chi connectivity index (χ1) is 22.1. The Kier molecular flexibility index (Phi) is 9.76. The molecular weight excluding hydrogens is 608 g/mol. The molecule has 3 amide bonds. The molecule has 2 heterocycles. The largest absolute Gasteiger partial charge is 0.486 e. The van der Waals surface area contributed by atoms with Gasteiger partial charge in [-0.05, 0) is 85.3 Å². The average molecular weight is 656 g/mol. The standard InChI is InChI=1S/C36H47F2N3O6/c1-34(2,3)46-32(43)40(22-30(42)39-17-14-36(15-18-39)13-10-16-41(36)33(44)47-35(4,5)6)29-21-26(29)27-19-25(37)20-28(38)31(27)45-23-24-11-8-7-9-12-24/h7-9,11-12,19-20,26,29H,10,13-18,21-23H2,1-6H3/t26-,29+/m0/s1. The first-order valence-corrected chi connectivity index (χ1v) is 16.5. The molecule has 2 aromatic rings. The highest BCUT2D eigenvalue weighted by Gasteiger charge is 2.50. The normalized spacial score (nSPS) is 20.6. The van der Waals surface area contributed by atoms with Gasteiger partial charge in [-0.25, -0.2) is 18.4 Å². The second kappa shape index (κ2) is 13.3. The number of nitrogens with zero attached hydrogens (tertiary/aromatic N) is 3. The minimum atomic E-state index is -0.823. The van der Waals surface area contributed by atoms with Gasteiger partial charge in [-0.1, -0.05) is 30.3 Å². The van der Waals surface area contributed by atoms with Crippen LogP contribution >= 0.6 is 0 Å². The molecule has 2 saturated heterocycles. The molecule has 3 fully saturated rings. The Hall–Kier alpha value is -3.89. The zero-order valence-corrected chi connectivity index (χ0v) is 28.3. The minimum Gasteiger partial charge on any atom is -0.486 e. The van der Waals surface area contributed by atoms with Gasteiger partial charge in [0.05, 0.1) is 0 Å². The van der Waals surface area contributed by atoms with Crippen LogP contribution < -0.4 is 4.74 Å². The third-order valence-corrected chi connectivity index (χ3v) is 9.01. The van der Waals surface area contributed by atoms with Crippen molar-refractivity contribution in [3.05, 3.63) is 65.2 Å². The number of hydrogen-bond acceptors (Lipinski definition) is 6. The van der Waals surface area contributed by atoms with Gasteiger partial charge in [-0.2, -0.15) is 0 Å². The maximum atomic E-state index is 15.1. The molecule has 1 spiro atoms. The lowest BCUT2D eigenvalue weighted by Crippen LogP contribution is -2.57. The van der Waals surface area contributed by atoms with E-state index < -0.39 is 40.9 Å². The molecule has 0 N–H and O–H groups in total. The van der Waals surface area contributed by atoms with Gasteiger partial charge in [0, 0.05) is 48.8 Å². The summed E-state index contributed by atoms with van der Waals surface area (Å²) < 4.78 is 46.8. The summed E-state index contributed by atoms with van der Waals surface area (Å²) in [6, 6.07) is 10.8. The average Bonchev–Trinajstić information content (AvgIpc) is 3.66. The Bertz CT molecular complexity index is 1460. The van der Waals surface area contributed by atoms with Crippen LogP contribution in [0.3, 0.4) is 0 Å². The first kappa shape index (κ1) is 34.4. The zero-order valence-electron chi connectivity index (χ0n) is 28.3. The van der Waals surface area contributed by atoms with Crippen molar-refractivity contribution in [2.24, 2.45) is 0 Å². The van der Waals surface area contributed by atoms with Crippen LogP contribution in [0.2, 0.25) is 0 Å². The predicted octanol–water partition coefficient (Wildman–Crippen LogP) is 7.03. The van der Waals surface area contributed by atoms with E-state index in [9.17, 15) is 18.8 Å². The fourth-order valence-electron chi connectivity index (χ4n) is 6.71. The molecule has 0 unspecified atom stereocenters. The van der Waals surface area contributed by atoms with E-state index in [2.05, 4.69) is 0 Å². The van der Waals surface area contributed by atoms with Crippen LogP contribution in [0.4, 0.5) is 18.4 Å². The molecule has 2 atom stereocenters. The summed E-state index contributed by atoms with van der Waals surface area (Å²) in [5.41, 5.74) is -0.639. The van der Waals surface area contributed by atoms with Crippen LogP contribution in [0, 0.1) is 11.6 Å². The number of ether oxygens (including phenoxy) is 3. The topological polar surface area (TPSA) is 88.6 Å². The van der Waals surface area contributed by atoms with E-state index >= 15 is 4.39 Å². The highest BCUT2D eigenvalue weighted by molar-refractivity contribution is 5.83. The molecule has 3 aliphatic rings. The van der Waals surface area contributed by atoms with Gasteiger partial charge < -0.3 is 24.0 Å². The second-order valence-corrected chi connectivity index (χ2v) is 14.9. The number of rotatable bonds is 7. The Morgan fingerprint density at radius 2 is 1.57 bits per heavy atom. The molecule has 11 heteroatoms. The quantitative estimate of drug-likeness (QED) is 0.318. The molecule has 47 heavy (non-hydrogen) atoms. The van der Waals surface area contributed by atoms with Gasteiger partial charge in [-0.15, -0.1) is 0 Å². The number of hydrogen-bond donors (Lipinski definition) is 0. The number of likely N-dealkylation sites (tertiary alicyclic amines) is 2. The fourth-order valence-corrected chi connectivity index (χ4v) is 6.71. The molecule has 5 rings (SSSR count). The van der Waals surface area contributed by atoms with E-state index in [0.29, 0.717) is 44.5 Å². The van der Waals surface area contributed by atoms with E-state index in [1.165, 1.54) is 11.0 Å². The molecule has 2 aromatic carbocycles. The second-order valence-electron chi connectivity index (χ2n) is 14.9. The molecule has 0 bridgehead atoms. The maximum absolute atomic E-state index is 15.1. The molecule has 0 radical (unpaired) electrons. The van der Waals surface area contributed by atoms with Gasteiger partial charge in [0.25, 0.3) is 0 Å². The zero-order chi connectivity index (χ0) is 34.1. The highest BCUT2D eigenvalue weighted by atomic mass is 19.1. The summed E-state index contributed by atoms with van der Waals surface area (Å²) in [6.45, 7) is 12.1. The number of benzene rings is 2. The molecule has 1 aliphatic carbocycles. The molecular formula is C36H47F2N3O6. The SMILES string of the molecule is CC(C)(C)OC(=O)N(CC(=O)N1CCC2(CCCN2C(=O)OC(C)(C)C)CC1)[C@@H]1C[C@H]1c1cc(F)cc(F)c1OCc1ccccc1. The van der Waals surface area contributed by atoms with Crippen molar-refractivity contribution < 1.29 is 37.4 Å². The Morgan fingerprint density at radius 3 is 2.21 bits per heavy atom. The summed E-state index contributed by atoms with van der Waals surface area (Å²) >= 11 is 0. The van der Waals surface area contributed by atoms with E-state index in [1.807, 2.05) is 56.0 Å². The Balaban J connectivity index is 1.29. The van der Waals surface area contributed by atoms with Crippen LogP contribution in [-0.4, -0.2) is 81.8 Å². The van der Waals surface area contributed by atoms with Crippen molar-refractivity contribution in [1.82, 2.24) is 14.7 Å². The van der Waals surface area contributed by atoms with Crippen LogP contribution in [0.1, 0.15) is 90.7 Å². The van der Waals surface area contributed by atoms with Crippen molar-refractivity contribution in [1.29, 1.82) is 0 Å². The van der Waals surface area contributed by atoms with Crippen molar-refractivity contribution in [2.45, 2.75) is 109 Å². The van der Waals surface area contributed by atoms with Gasteiger partial charge in [-0.3, -0.25) is 9.69 Å². The highest BCUT2D eigenvalue weighted by Crippen LogP contribution is 2.49. The lowest BCUT2D eigenvalue weighted by molar-refractivity contribution is -0.135. The number of piperidine rings is 1. The summed E-state index contributed by atoms with van der Waals surface area (Å²) in [4.78, 5) is 45.2. The Morgan fingerprint density at radius 1 is 0.915 bits per heavy atom. The smallest absolute Gasteiger partial charge is 0.411 e. The van der Waals surface area contributed by atoms with Crippen molar-refractivity contribution in [3.63, 3.8) is 0 Å². The summed E-state index contributed by atoms with van der Waals surface area (Å²) in [5.74, 6) is -2.33. The van der Waals surface area contributed by atoms with Gasteiger partial charge >= 0.3 is 12.2 Å². The van der Waals surface area contributed by atoms with Crippen LogP contribution in [0.15, 0.2) is 42.5 Å². The lowest BCUT2D eigenvalue weighted by atomic mass is 9.85. The van der Waals surface area contributed by atoms with Crippen molar-refractivity contribution in [2.75, 3.05) is 26.2 Å². The van der Waals surface area contributed by atoms with Gasteiger partial charge in [0.15, 0.2) is 11.6 Å². The van der Waals surface area contributed by atoms with Crippen molar-refractivity contribution in [3.8, 4) is 5.75 Å². The summed E-state index contributed by atoms with van der Waals surface area (Å²) in [6.07, 6.45) is 2.35. The van der Waals surface area contributed by atoms with E-state index in [1.54, 1.807) is 25.7 Å². The van der Waals surface area contributed by atoms with Crippen LogP contribution in [-0.2, 0) is 20.9 Å². The monoisotopic (exact) mass is 655 g/mol. The molecule has 2 aliphatic heterocycles. The number of carbonyl (C=O) groups is 3. The van der Waals surface area contributed by atoms with Gasteiger partial charge in [0.1, 0.15) is 30.2 Å². The summed E-state index contributed by atoms with van der Waals surface area (Å²) in [5, 5.41) is 0. The molecule has 256 valence electrons. The third-order valence-electron chi connectivity index (χ3n) is 9.01. The lowest BCUT2D eigenvalue weighted by Gasteiger charge is -2.45. The fraction of sp³-hybridized carbons (Fsp3) is 0.583. The molecule has 1 saturated carbocycles. The number of carbonyl (C=O) groups excluding carboxylic acids is 3. The summed E-state index contributed by atoms with van der Waals surface area (Å²) in [7, 11) is 0. The minimum absolute atomic E-state index is 0.0642. The van der Waals surface area contributed by atoms with E-state index in [4.69, 9.17) is 14.2 Å². The number of halogens is 2. The maximum Gasteiger partial charge on any atom is 0.411 e. The van der Waals surface area contributed by atoms with E-state index in [0.717, 1.165) is 24.5 Å². The van der Waals surface area contributed by atoms with E-state index in [-0.39, 0.29) is 36.4 Å². The van der Waals surface area contributed by atoms with Gasteiger partial charge in [0.2, 0.25) is 5.91 Å². The predicted molar refractivity (Wildman–Crippen MR) is 172 cm³/mol. The number of amides is 3. The third kappa shape index (κ3) is 8.34. The van der Waals surface area contributed by atoms with Crippen LogP contribution in [0.5, 0.6) is 5.75 Å². The molecule has 0 aromatic heterocycles. The Labute approximate surface area is 276 Å². The van der Waals surface area contributed by atoms with Crippen LogP contribution in [0.25, 0.3) is 0 Å². The first-order valence-electron chi connectivity index (χ1n) is 16.5.